The van der Waals surface area contributed by atoms with Crippen LogP contribution in [0.4, 0.5) is 5.69 Å². The Labute approximate surface area is 165 Å². The van der Waals surface area contributed by atoms with E-state index >= 15 is 0 Å². The summed E-state index contributed by atoms with van der Waals surface area (Å²) in [4.78, 5) is 17.4. The van der Waals surface area contributed by atoms with Crippen LogP contribution in [0.25, 0.3) is 0 Å². The molecule has 2 N–H and O–H groups in total. The summed E-state index contributed by atoms with van der Waals surface area (Å²) in [6, 6.07) is 15.1. The first-order valence-electron chi connectivity index (χ1n) is 8.65. The highest BCUT2D eigenvalue weighted by molar-refractivity contribution is 6.31. The van der Waals surface area contributed by atoms with E-state index in [-0.39, 0.29) is 5.91 Å². The summed E-state index contributed by atoms with van der Waals surface area (Å²) in [6.45, 7) is 3.17. The van der Waals surface area contributed by atoms with Crippen LogP contribution in [0.2, 0.25) is 5.02 Å². The molecular formula is C20H25ClN4O2. The van der Waals surface area contributed by atoms with Crippen molar-refractivity contribution in [1.29, 1.82) is 0 Å². The highest BCUT2D eigenvalue weighted by Crippen LogP contribution is 2.17. The molecule has 7 heteroatoms. The number of carbonyl (C=O) groups is 1. The lowest BCUT2D eigenvalue weighted by Crippen LogP contribution is -2.40. The minimum Gasteiger partial charge on any atom is -0.492 e. The Balaban J connectivity index is 1.81. The van der Waals surface area contributed by atoms with Crippen molar-refractivity contribution in [2.75, 3.05) is 32.6 Å². The fourth-order valence-corrected chi connectivity index (χ4v) is 2.74. The third-order valence-corrected chi connectivity index (χ3v) is 4.12. The van der Waals surface area contributed by atoms with Gasteiger partial charge in [-0.25, -0.2) is 0 Å². The number of carbonyl (C=O) groups excluding carboxylic acids is 1. The first-order valence-corrected chi connectivity index (χ1v) is 9.03. The van der Waals surface area contributed by atoms with Crippen molar-refractivity contribution >= 4 is 29.2 Å². The molecule has 0 aliphatic carbocycles. The van der Waals surface area contributed by atoms with Gasteiger partial charge in [-0.2, -0.15) is 0 Å². The van der Waals surface area contributed by atoms with Crippen molar-refractivity contribution in [3.05, 3.63) is 59.1 Å². The van der Waals surface area contributed by atoms with E-state index in [0.717, 1.165) is 16.5 Å². The van der Waals surface area contributed by atoms with Gasteiger partial charge < -0.3 is 20.3 Å². The molecule has 0 atom stereocenters. The molecule has 0 heterocycles. The summed E-state index contributed by atoms with van der Waals surface area (Å²) in [5.41, 5.74) is 1.75. The van der Waals surface area contributed by atoms with Crippen molar-refractivity contribution in [2.45, 2.75) is 13.5 Å². The molecule has 144 valence electrons. The van der Waals surface area contributed by atoms with E-state index < -0.39 is 0 Å². The highest BCUT2D eigenvalue weighted by Gasteiger charge is 2.08. The van der Waals surface area contributed by atoms with Crippen LogP contribution >= 0.6 is 11.6 Å². The maximum absolute atomic E-state index is 11.1. The molecule has 0 spiro atoms. The molecule has 27 heavy (non-hydrogen) atoms. The van der Waals surface area contributed by atoms with Gasteiger partial charge >= 0.3 is 0 Å². The first kappa shape index (κ1) is 20.6. The van der Waals surface area contributed by atoms with Crippen LogP contribution in [-0.4, -0.2) is 44.0 Å². The lowest BCUT2D eigenvalue weighted by molar-refractivity contribution is -0.114. The van der Waals surface area contributed by atoms with Gasteiger partial charge in [0.15, 0.2) is 5.96 Å². The maximum atomic E-state index is 11.1. The van der Waals surface area contributed by atoms with Gasteiger partial charge in [-0.05, 0) is 23.8 Å². The molecule has 2 rings (SSSR count). The smallest absolute Gasteiger partial charge is 0.221 e. The minimum absolute atomic E-state index is 0.112. The predicted octanol–water partition coefficient (Wildman–Crippen LogP) is 3.38. The molecule has 0 unspecified atom stereocenters. The van der Waals surface area contributed by atoms with Crippen molar-refractivity contribution in [3.8, 4) is 5.75 Å². The molecule has 0 saturated carbocycles. The Morgan fingerprint density at radius 3 is 2.70 bits per heavy atom. The number of nitrogens with zero attached hydrogens (tertiary/aromatic N) is 2. The Morgan fingerprint density at radius 1 is 1.22 bits per heavy atom. The molecule has 6 nitrogen and oxygen atoms in total. The number of anilines is 1. The number of hydrogen-bond acceptors (Lipinski definition) is 3. The number of halogens is 1. The van der Waals surface area contributed by atoms with Gasteiger partial charge in [-0.1, -0.05) is 35.9 Å². The van der Waals surface area contributed by atoms with E-state index in [4.69, 9.17) is 16.3 Å². The van der Waals surface area contributed by atoms with E-state index in [9.17, 15) is 4.79 Å². The Bertz CT molecular complexity index is 795. The second-order valence-corrected chi connectivity index (χ2v) is 6.39. The lowest BCUT2D eigenvalue weighted by Gasteiger charge is -2.22. The van der Waals surface area contributed by atoms with Gasteiger partial charge in [0.2, 0.25) is 5.91 Å². The standard InChI is InChI=1S/C20H25ClN4O2/c1-15(26)24-17-8-6-9-18(13-17)27-12-11-23-20(22-2)25(3)14-16-7-4-5-10-19(16)21/h4-10,13H,11-12,14H2,1-3H3,(H,22,23)(H,24,26). The monoisotopic (exact) mass is 388 g/mol. The van der Waals surface area contributed by atoms with Gasteiger partial charge in [0.05, 0.1) is 6.54 Å². The Morgan fingerprint density at radius 2 is 2.00 bits per heavy atom. The predicted molar refractivity (Wildman–Crippen MR) is 111 cm³/mol. The van der Waals surface area contributed by atoms with E-state index in [1.165, 1.54) is 6.92 Å². The summed E-state index contributed by atoms with van der Waals surface area (Å²) in [5.74, 6) is 1.34. The van der Waals surface area contributed by atoms with E-state index in [2.05, 4.69) is 15.6 Å². The molecule has 0 fully saturated rings. The van der Waals surface area contributed by atoms with Crippen molar-refractivity contribution < 1.29 is 9.53 Å². The number of benzene rings is 2. The Kier molecular flexibility index (Phi) is 7.95. The largest absolute Gasteiger partial charge is 0.492 e. The average molecular weight is 389 g/mol. The lowest BCUT2D eigenvalue weighted by atomic mass is 10.2. The molecule has 0 aromatic heterocycles. The molecule has 1 amide bonds. The number of ether oxygens (including phenoxy) is 1. The zero-order valence-corrected chi connectivity index (χ0v) is 16.6. The molecular weight excluding hydrogens is 364 g/mol. The van der Waals surface area contributed by atoms with E-state index in [1.54, 1.807) is 13.1 Å². The summed E-state index contributed by atoms with van der Waals surface area (Å²) < 4.78 is 5.73. The second-order valence-electron chi connectivity index (χ2n) is 5.98. The van der Waals surface area contributed by atoms with Gasteiger partial charge in [0.1, 0.15) is 12.4 Å². The highest BCUT2D eigenvalue weighted by atomic mass is 35.5. The maximum Gasteiger partial charge on any atom is 0.221 e. The van der Waals surface area contributed by atoms with E-state index in [0.29, 0.717) is 31.1 Å². The number of hydrogen-bond donors (Lipinski definition) is 2. The minimum atomic E-state index is -0.112. The second kappa shape index (κ2) is 10.4. The van der Waals surface area contributed by atoms with Crippen LogP contribution < -0.4 is 15.4 Å². The number of guanidine groups is 1. The number of rotatable bonds is 7. The quantitative estimate of drug-likeness (QED) is 0.433. The Hall–Kier alpha value is -2.73. The zero-order valence-electron chi connectivity index (χ0n) is 15.8. The normalized spacial score (nSPS) is 11.0. The fourth-order valence-electron chi connectivity index (χ4n) is 2.54. The molecule has 0 aliphatic rings. The van der Waals surface area contributed by atoms with Crippen molar-refractivity contribution in [1.82, 2.24) is 10.2 Å². The zero-order chi connectivity index (χ0) is 19.6. The van der Waals surface area contributed by atoms with Crippen LogP contribution in [0.15, 0.2) is 53.5 Å². The van der Waals surface area contributed by atoms with Crippen LogP contribution in [0.1, 0.15) is 12.5 Å². The van der Waals surface area contributed by atoms with Gasteiger partial charge in [-0.3, -0.25) is 9.79 Å². The summed E-state index contributed by atoms with van der Waals surface area (Å²) in [7, 11) is 3.69. The molecule has 2 aromatic rings. The molecule has 0 saturated heterocycles. The SMILES string of the molecule is CN=C(NCCOc1cccc(NC(C)=O)c1)N(C)Cc1ccccc1Cl. The number of amides is 1. The average Bonchev–Trinajstić information content (AvgIpc) is 2.63. The van der Waals surface area contributed by atoms with Gasteiger partial charge in [-0.15, -0.1) is 0 Å². The fraction of sp³-hybridized carbons (Fsp3) is 0.300. The number of nitrogens with one attached hydrogen (secondary N) is 2. The summed E-state index contributed by atoms with van der Waals surface area (Å²) >= 11 is 6.22. The van der Waals surface area contributed by atoms with E-state index in [1.807, 2.05) is 54.4 Å². The first-order chi connectivity index (χ1) is 13.0. The number of aliphatic imine (C=N–C) groups is 1. The van der Waals surface area contributed by atoms with Gasteiger partial charge in [0, 0.05) is 44.3 Å². The summed E-state index contributed by atoms with van der Waals surface area (Å²) in [6.07, 6.45) is 0. The van der Waals surface area contributed by atoms with Crippen LogP contribution in [0, 0.1) is 0 Å². The van der Waals surface area contributed by atoms with Crippen LogP contribution in [0.3, 0.4) is 0 Å². The molecule has 0 aliphatic heterocycles. The third kappa shape index (κ3) is 6.83. The van der Waals surface area contributed by atoms with Crippen LogP contribution in [-0.2, 0) is 11.3 Å². The molecule has 0 radical (unpaired) electrons. The topological polar surface area (TPSA) is 66.0 Å². The van der Waals surface area contributed by atoms with Crippen LogP contribution in [0.5, 0.6) is 5.75 Å². The van der Waals surface area contributed by atoms with Crippen molar-refractivity contribution in [3.63, 3.8) is 0 Å². The van der Waals surface area contributed by atoms with Gasteiger partial charge in [0.25, 0.3) is 0 Å². The third-order valence-electron chi connectivity index (χ3n) is 3.75. The summed E-state index contributed by atoms with van der Waals surface area (Å²) in [5, 5.41) is 6.74. The molecule has 2 aromatic carbocycles. The molecule has 0 bridgehead atoms. The van der Waals surface area contributed by atoms with Crippen molar-refractivity contribution in [2.24, 2.45) is 4.99 Å².